The molecular formula is C11H13NO3. The summed E-state index contributed by atoms with van der Waals surface area (Å²) in [4.78, 5) is 22.3. The molecule has 15 heavy (non-hydrogen) atoms. The summed E-state index contributed by atoms with van der Waals surface area (Å²) in [6.07, 6.45) is 1.81. The number of carboxylic acid groups (broad SMARTS) is 1. The van der Waals surface area contributed by atoms with E-state index in [1.165, 1.54) is 22.8 Å². The van der Waals surface area contributed by atoms with Gasteiger partial charge in [-0.2, -0.15) is 0 Å². The Morgan fingerprint density at radius 2 is 2.13 bits per heavy atom. The first kappa shape index (κ1) is 11.2. The molecule has 0 amide bonds. The number of pyridine rings is 1. The third-order valence-electron chi connectivity index (χ3n) is 1.95. The van der Waals surface area contributed by atoms with Gasteiger partial charge < -0.3 is 5.11 Å². The minimum Gasteiger partial charge on any atom is -0.477 e. The number of aromatic carboxylic acids is 1. The number of hydrogen-bond acceptors (Lipinski definition) is 2. The summed E-state index contributed by atoms with van der Waals surface area (Å²) in [7, 11) is 0. The monoisotopic (exact) mass is 207 g/mol. The zero-order chi connectivity index (χ0) is 11.4. The molecule has 0 fully saturated rings. The molecule has 1 N–H and O–H groups in total. The average molecular weight is 207 g/mol. The molecule has 0 saturated carbocycles. The molecule has 0 unspecified atom stereocenters. The maximum atomic E-state index is 11.4. The van der Waals surface area contributed by atoms with Gasteiger partial charge in [-0.15, -0.1) is 0 Å². The molecule has 1 aromatic rings. The fraction of sp³-hybridized carbons (Fsp3) is 0.273. The summed E-state index contributed by atoms with van der Waals surface area (Å²) in [5, 5.41) is 8.87. The van der Waals surface area contributed by atoms with E-state index >= 15 is 0 Å². The molecule has 1 aromatic heterocycles. The van der Waals surface area contributed by atoms with E-state index in [1.807, 2.05) is 19.9 Å². The number of rotatable bonds is 3. The van der Waals surface area contributed by atoms with E-state index in [0.717, 1.165) is 5.57 Å². The number of aromatic nitrogens is 1. The van der Waals surface area contributed by atoms with E-state index in [-0.39, 0.29) is 11.3 Å². The van der Waals surface area contributed by atoms with Gasteiger partial charge in [0.2, 0.25) is 0 Å². The highest BCUT2D eigenvalue weighted by molar-refractivity contribution is 5.85. The first-order valence-electron chi connectivity index (χ1n) is 4.59. The predicted molar refractivity (Wildman–Crippen MR) is 57.1 cm³/mol. The summed E-state index contributed by atoms with van der Waals surface area (Å²) in [6.45, 7) is 4.09. The lowest BCUT2D eigenvalue weighted by Gasteiger charge is -2.06. The Morgan fingerprint density at radius 1 is 1.47 bits per heavy atom. The van der Waals surface area contributed by atoms with E-state index in [0.29, 0.717) is 6.54 Å². The first-order chi connectivity index (χ1) is 7.02. The largest absolute Gasteiger partial charge is 0.477 e. The van der Waals surface area contributed by atoms with Gasteiger partial charge in [-0.3, -0.25) is 9.36 Å². The normalized spacial score (nSPS) is 9.73. The SMILES string of the molecule is CC(C)=CCn1c(C(=O)O)cccc1=O. The van der Waals surface area contributed by atoms with Gasteiger partial charge in [-0.1, -0.05) is 17.7 Å². The Balaban J connectivity index is 3.20. The number of carbonyl (C=O) groups is 1. The molecule has 4 heteroatoms. The van der Waals surface area contributed by atoms with Crippen LogP contribution < -0.4 is 5.56 Å². The maximum Gasteiger partial charge on any atom is 0.352 e. The molecule has 1 rings (SSSR count). The smallest absolute Gasteiger partial charge is 0.352 e. The molecule has 0 spiro atoms. The van der Waals surface area contributed by atoms with Gasteiger partial charge in [0.15, 0.2) is 0 Å². The van der Waals surface area contributed by atoms with Crippen molar-refractivity contribution in [1.29, 1.82) is 0 Å². The highest BCUT2D eigenvalue weighted by Crippen LogP contribution is 1.98. The number of allylic oxidation sites excluding steroid dienone is 2. The summed E-state index contributed by atoms with van der Waals surface area (Å²) < 4.78 is 1.23. The van der Waals surface area contributed by atoms with E-state index < -0.39 is 5.97 Å². The average Bonchev–Trinajstić information content (AvgIpc) is 2.15. The van der Waals surface area contributed by atoms with Gasteiger partial charge in [-0.05, 0) is 19.9 Å². The van der Waals surface area contributed by atoms with Crippen LogP contribution in [0, 0.1) is 0 Å². The molecule has 0 aromatic carbocycles. The Bertz CT molecular complexity index is 453. The van der Waals surface area contributed by atoms with Crippen molar-refractivity contribution >= 4 is 5.97 Å². The van der Waals surface area contributed by atoms with Crippen LogP contribution in [0.4, 0.5) is 0 Å². The van der Waals surface area contributed by atoms with E-state index in [4.69, 9.17) is 5.11 Å². The van der Waals surface area contributed by atoms with Crippen molar-refractivity contribution in [3.05, 3.63) is 45.9 Å². The van der Waals surface area contributed by atoms with Crippen LogP contribution in [0.5, 0.6) is 0 Å². The molecule has 1 heterocycles. The van der Waals surface area contributed by atoms with Crippen molar-refractivity contribution in [2.45, 2.75) is 20.4 Å². The van der Waals surface area contributed by atoms with Crippen LogP contribution in [-0.2, 0) is 6.54 Å². The van der Waals surface area contributed by atoms with Crippen molar-refractivity contribution < 1.29 is 9.90 Å². The van der Waals surface area contributed by atoms with Crippen LogP contribution in [0.15, 0.2) is 34.6 Å². The fourth-order valence-electron chi connectivity index (χ4n) is 1.17. The molecule has 80 valence electrons. The Morgan fingerprint density at radius 3 is 2.67 bits per heavy atom. The summed E-state index contributed by atoms with van der Waals surface area (Å²) >= 11 is 0. The van der Waals surface area contributed by atoms with Crippen molar-refractivity contribution in [2.24, 2.45) is 0 Å². The Labute approximate surface area is 87.5 Å². The topological polar surface area (TPSA) is 59.3 Å². The third kappa shape index (κ3) is 2.80. The van der Waals surface area contributed by atoms with Crippen LogP contribution in [0.3, 0.4) is 0 Å². The molecule has 0 saturated heterocycles. The summed E-state index contributed by atoms with van der Waals surface area (Å²) in [5.41, 5.74) is 0.759. The lowest BCUT2D eigenvalue weighted by atomic mass is 10.3. The summed E-state index contributed by atoms with van der Waals surface area (Å²) in [6, 6.07) is 4.22. The van der Waals surface area contributed by atoms with Gasteiger partial charge in [-0.25, -0.2) is 4.79 Å². The highest BCUT2D eigenvalue weighted by Gasteiger charge is 2.08. The maximum absolute atomic E-state index is 11.4. The van der Waals surface area contributed by atoms with Gasteiger partial charge in [0.1, 0.15) is 5.69 Å². The van der Waals surface area contributed by atoms with Crippen molar-refractivity contribution in [2.75, 3.05) is 0 Å². The van der Waals surface area contributed by atoms with Gasteiger partial charge in [0, 0.05) is 12.6 Å². The fourth-order valence-corrected chi connectivity index (χ4v) is 1.17. The van der Waals surface area contributed by atoms with E-state index in [1.54, 1.807) is 0 Å². The Kier molecular flexibility index (Phi) is 3.44. The quantitative estimate of drug-likeness (QED) is 0.764. The predicted octanol–water partition coefficient (Wildman–Crippen LogP) is 1.51. The molecule has 0 aliphatic carbocycles. The van der Waals surface area contributed by atoms with E-state index in [2.05, 4.69) is 0 Å². The van der Waals surface area contributed by atoms with Crippen LogP contribution in [0.25, 0.3) is 0 Å². The second-order valence-corrected chi connectivity index (χ2v) is 3.45. The first-order valence-corrected chi connectivity index (χ1v) is 4.59. The number of hydrogen-bond donors (Lipinski definition) is 1. The zero-order valence-electron chi connectivity index (χ0n) is 8.73. The van der Waals surface area contributed by atoms with Crippen molar-refractivity contribution in [3.63, 3.8) is 0 Å². The van der Waals surface area contributed by atoms with Crippen molar-refractivity contribution in [1.82, 2.24) is 4.57 Å². The molecule has 0 aliphatic heterocycles. The lowest BCUT2D eigenvalue weighted by Crippen LogP contribution is -2.24. The number of carboxylic acids is 1. The standard InChI is InChI=1S/C11H13NO3/c1-8(2)6-7-12-9(11(14)15)4-3-5-10(12)13/h3-6H,7H2,1-2H3,(H,14,15). The molecule has 0 bridgehead atoms. The van der Waals surface area contributed by atoms with E-state index in [9.17, 15) is 9.59 Å². The van der Waals surface area contributed by atoms with Crippen LogP contribution in [0.1, 0.15) is 24.3 Å². The lowest BCUT2D eigenvalue weighted by molar-refractivity contribution is 0.0684. The molecule has 4 nitrogen and oxygen atoms in total. The molecule has 0 atom stereocenters. The second kappa shape index (κ2) is 4.59. The minimum absolute atomic E-state index is 0.0139. The molecule has 0 radical (unpaired) electrons. The zero-order valence-corrected chi connectivity index (χ0v) is 8.73. The van der Waals surface area contributed by atoms with Gasteiger partial charge in [0.05, 0.1) is 0 Å². The molecular weight excluding hydrogens is 194 g/mol. The van der Waals surface area contributed by atoms with Crippen LogP contribution in [-0.4, -0.2) is 15.6 Å². The minimum atomic E-state index is -1.09. The Hall–Kier alpha value is -1.84. The summed E-state index contributed by atoms with van der Waals surface area (Å²) in [5.74, 6) is -1.09. The third-order valence-corrected chi connectivity index (χ3v) is 1.95. The molecule has 0 aliphatic rings. The van der Waals surface area contributed by atoms with Crippen LogP contribution >= 0.6 is 0 Å². The number of nitrogens with zero attached hydrogens (tertiary/aromatic N) is 1. The van der Waals surface area contributed by atoms with Crippen molar-refractivity contribution in [3.8, 4) is 0 Å². The van der Waals surface area contributed by atoms with Crippen LogP contribution in [0.2, 0.25) is 0 Å². The highest BCUT2D eigenvalue weighted by atomic mass is 16.4. The van der Waals surface area contributed by atoms with Gasteiger partial charge >= 0.3 is 5.97 Å². The van der Waals surface area contributed by atoms with Gasteiger partial charge in [0.25, 0.3) is 5.56 Å². The second-order valence-electron chi connectivity index (χ2n) is 3.45.